The van der Waals surface area contributed by atoms with E-state index in [4.69, 9.17) is 16.4 Å². The summed E-state index contributed by atoms with van der Waals surface area (Å²) in [5.74, 6) is 5.99. The zero-order chi connectivity index (χ0) is 15.6. The highest BCUT2D eigenvalue weighted by Crippen LogP contribution is 2.39. The molecule has 0 saturated heterocycles. The van der Waals surface area contributed by atoms with Gasteiger partial charge in [0.05, 0.1) is 0 Å². The molecule has 1 spiro atoms. The van der Waals surface area contributed by atoms with Gasteiger partial charge in [-0.1, -0.05) is 23.6 Å². The van der Waals surface area contributed by atoms with Crippen LogP contribution in [-0.4, -0.2) is 5.60 Å². The van der Waals surface area contributed by atoms with Crippen LogP contribution in [-0.2, 0) is 4.84 Å². The number of benzene rings is 1. The first-order valence-corrected chi connectivity index (χ1v) is 7.42. The fraction of sp³-hybridized carbons (Fsp3) is 0.294. The summed E-state index contributed by atoms with van der Waals surface area (Å²) in [7, 11) is 0. The van der Waals surface area contributed by atoms with Gasteiger partial charge in [-0.15, -0.1) is 0 Å². The first kappa shape index (κ1) is 15.1. The van der Waals surface area contributed by atoms with Crippen LogP contribution in [0.25, 0.3) is 0 Å². The molecule has 1 fully saturated rings. The van der Waals surface area contributed by atoms with E-state index < -0.39 is 11.7 Å². The van der Waals surface area contributed by atoms with E-state index in [9.17, 15) is 8.78 Å². The molecule has 0 aromatic heterocycles. The standard InChI is InChI=1S/C17H14ClF2NO/c18-14-3-1-2-12(10-14)4-5-15-11-17(22-21-15)8-6-13(7-9-17)16(19)20/h1-3,10-11,21H,6-9H2. The van der Waals surface area contributed by atoms with Crippen LogP contribution in [0.2, 0.25) is 5.02 Å². The van der Waals surface area contributed by atoms with Gasteiger partial charge in [0.1, 0.15) is 11.3 Å². The van der Waals surface area contributed by atoms with Crippen molar-refractivity contribution >= 4 is 11.6 Å². The Morgan fingerprint density at radius 2 is 2.00 bits per heavy atom. The maximum atomic E-state index is 12.6. The summed E-state index contributed by atoms with van der Waals surface area (Å²) < 4.78 is 25.2. The van der Waals surface area contributed by atoms with Gasteiger partial charge in [-0.3, -0.25) is 10.3 Å². The minimum atomic E-state index is -1.55. The highest BCUT2D eigenvalue weighted by atomic mass is 35.5. The Bertz CT molecular complexity index is 701. The van der Waals surface area contributed by atoms with Crippen molar-refractivity contribution in [3.8, 4) is 11.8 Å². The average molecular weight is 322 g/mol. The minimum absolute atomic E-state index is 0.237. The molecule has 1 aromatic rings. The van der Waals surface area contributed by atoms with Gasteiger partial charge in [0, 0.05) is 10.6 Å². The number of allylic oxidation sites excluding steroid dienone is 2. The predicted molar refractivity (Wildman–Crippen MR) is 81.1 cm³/mol. The summed E-state index contributed by atoms with van der Waals surface area (Å²) in [5, 5.41) is 0.632. The van der Waals surface area contributed by atoms with Crippen molar-refractivity contribution in [2.24, 2.45) is 0 Å². The molecule has 1 N–H and O–H groups in total. The van der Waals surface area contributed by atoms with Crippen LogP contribution in [0.1, 0.15) is 31.2 Å². The van der Waals surface area contributed by atoms with Crippen LogP contribution in [0.15, 0.2) is 47.7 Å². The molecule has 114 valence electrons. The smallest absolute Gasteiger partial charge is 0.265 e. The quantitative estimate of drug-likeness (QED) is 0.707. The number of halogens is 3. The number of hydroxylamine groups is 1. The van der Waals surface area contributed by atoms with Crippen molar-refractivity contribution in [2.45, 2.75) is 31.3 Å². The van der Waals surface area contributed by atoms with Crippen molar-refractivity contribution in [3.05, 3.63) is 58.3 Å². The van der Waals surface area contributed by atoms with E-state index in [-0.39, 0.29) is 5.57 Å². The second-order valence-corrected chi connectivity index (χ2v) is 5.89. The number of rotatable bonds is 0. The van der Waals surface area contributed by atoms with Crippen molar-refractivity contribution in [3.63, 3.8) is 0 Å². The van der Waals surface area contributed by atoms with Gasteiger partial charge in [-0.25, -0.2) is 0 Å². The topological polar surface area (TPSA) is 21.3 Å². The Hall–Kier alpha value is -1.83. The average Bonchev–Trinajstić information content (AvgIpc) is 2.89. The van der Waals surface area contributed by atoms with Crippen molar-refractivity contribution in [2.75, 3.05) is 0 Å². The van der Waals surface area contributed by atoms with E-state index in [1.54, 1.807) is 12.1 Å². The zero-order valence-corrected chi connectivity index (χ0v) is 12.5. The normalized spacial score (nSPS) is 23.6. The monoisotopic (exact) mass is 321 g/mol. The summed E-state index contributed by atoms with van der Waals surface area (Å²) in [6.45, 7) is 0. The molecule has 0 radical (unpaired) electrons. The molecule has 0 amide bonds. The summed E-state index contributed by atoms with van der Waals surface area (Å²) in [4.78, 5) is 5.60. The molecule has 0 unspecified atom stereocenters. The predicted octanol–water partition coefficient (Wildman–Crippen LogP) is 4.57. The van der Waals surface area contributed by atoms with E-state index in [0.717, 1.165) is 5.56 Å². The summed E-state index contributed by atoms with van der Waals surface area (Å²) in [5.41, 5.74) is 3.99. The lowest BCUT2D eigenvalue weighted by Gasteiger charge is -2.30. The second-order valence-electron chi connectivity index (χ2n) is 5.45. The van der Waals surface area contributed by atoms with Crippen molar-refractivity contribution in [1.29, 1.82) is 0 Å². The van der Waals surface area contributed by atoms with Crippen LogP contribution in [0.5, 0.6) is 0 Å². The number of hydrogen-bond donors (Lipinski definition) is 1. The Labute approximate surface area is 132 Å². The summed E-state index contributed by atoms with van der Waals surface area (Å²) >= 11 is 5.91. The molecule has 1 aliphatic carbocycles. The molecule has 22 heavy (non-hydrogen) atoms. The summed E-state index contributed by atoms with van der Waals surface area (Å²) in [6.07, 6.45) is 2.14. The van der Waals surface area contributed by atoms with E-state index in [2.05, 4.69) is 17.3 Å². The molecule has 2 aliphatic rings. The lowest BCUT2D eigenvalue weighted by Crippen LogP contribution is -2.32. The van der Waals surface area contributed by atoms with Crippen molar-refractivity contribution < 1.29 is 13.6 Å². The highest BCUT2D eigenvalue weighted by molar-refractivity contribution is 6.30. The van der Waals surface area contributed by atoms with E-state index in [0.29, 0.717) is 36.4 Å². The van der Waals surface area contributed by atoms with Crippen LogP contribution in [0.4, 0.5) is 8.78 Å². The molecule has 1 aliphatic heterocycles. The molecule has 2 nitrogen and oxygen atoms in total. The van der Waals surface area contributed by atoms with Crippen LogP contribution in [0, 0.1) is 11.8 Å². The highest BCUT2D eigenvalue weighted by Gasteiger charge is 2.38. The fourth-order valence-corrected chi connectivity index (χ4v) is 2.85. The first-order chi connectivity index (χ1) is 10.6. The third-order valence-corrected chi connectivity index (χ3v) is 4.14. The molecule has 3 rings (SSSR count). The maximum Gasteiger partial charge on any atom is 0.269 e. The third-order valence-electron chi connectivity index (χ3n) is 3.90. The van der Waals surface area contributed by atoms with Gasteiger partial charge < -0.3 is 0 Å². The van der Waals surface area contributed by atoms with Crippen molar-refractivity contribution in [1.82, 2.24) is 5.48 Å². The minimum Gasteiger partial charge on any atom is -0.265 e. The maximum absolute atomic E-state index is 12.6. The lowest BCUT2D eigenvalue weighted by atomic mass is 9.82. The number of nitrogens with one attached hydrogen (secondary N) is 1. The molecule has 0 atom stereocenters. The first-order valence-electron chi connectivity index (χ1n) is 7.04. The van der Waals surface area contributed by atoms with Gasteiger partial charge in [0.25, 0.3) is 6.08 Å². The van der Waals surface area contributed by atoms with Crippen LogP contribution in [0.3, 0.4) is 0 Å². The Balaban J connectivity index is 1.72. The van der Waals surface area contributed by atoms with Crippen LogP contribution < -0.4 is 5.48 Å². The largest absolute Gasteiger partial charge is 0.269 e. The second kappa shape index (κ2) is 6.12. The molecular weight excluding hydrogens is 308 g/mol. The Kier molecular flexibility index (Phi) is 4.19. The SMILES string of the molecule is FC(F)=C1CCC2(C=C(C#Cc3cccc(Cl)c3)NO2)CC1. The Morgan fingerprint density at radius 1 is 1.23 bits per heavy atom. The van der Waals surface area contributed by atoms with Gasteiger partial charge in [-0.2, -0.15) is 8.78 Å². The molecular formula is C17H14ClF2NO. The lowest BCUT2D eigenvalue weighted by molar-refractivity contribution is -0.0546. The van der Waals surface area contributed by atoms with Gasteiger partial charge in [-0.05, 0) is 61.5 Å². The molecule has 1 saturated carbocycles. The number of hydrogen-bond acceptors (Lipinski definition) is 2. The van der Waals surface area contributed by atoms with Crippen LogP contribution >= 0.6 is 11.6 Å². The van der Waals surface area contributed by atoms with Gasteiger partial charge >= 0.3 is 0 Å². The van der Waals surface area contributed by atoms with E-state index >= 15 is 0 Å². The Morgan fingerprint density at radius 3 is 2.68 bits per heavy atom. The summed E-state index contributed by atoms with van der Waals surface area (Å²) in [6, 6.07) is 7.27. The third kappa shape index (κ3) is 3.32. The fourth-order valence-electron chi connectivity index (χ4n) is 2.66. The molecule has 1 aromatic carbocycles. The van der Waals surface area contributed by atoms with Gasteiger partial charge in [0.2, 0.25) is 0 Å². The molecule has 5 heteroatoms. The van der Waals surface area contributed by atoms with E-state index in [1.807, 2.05) is 18.2 Å². The van der Waals surface area contributed by atoms with E-state index in [1.165, 1.54) is 0 Å². The van der Waals surface area contributed by atoms with Gasteiger partial charge in [0.15, 0.2) is 0 Å². The molecule has 1 heterocycles. The zero-order valence-electron chi connectivity index (χ0n) is 11.8. The molecule has 0 bridgehead atoms.